The van der Waals surface area contributed by atoms with Crippen LogP contribution < -0.4 is 0 Å². The number of methoxy groups -OCH3 is 1. The van der Waals surface area contributed by atoms with Crippen molar-refractivity contribution in [2.24, 2.45) is 0 Å². The summed E-state index contributed by atoms with van der Waals surface area (Å²) < 4.78 is 10.7. The van der Waals surface area contributed by atoms with E-state index in [0.29, 0.717) is 23.4 Å². The van der Waals surface area contributed by atoms with Crippen molar-refractivity contribution in [2.75, 3.05) is 13.7 Å². The van der Waals surface area contributed by atoms with Crippen LogP contribution in [0.1, 0.15) is 40.6 Å². The number of carbonyl (C=O) groups is 1. The highest BCUT2D eigenvalue weighted by molar-refractivity contribution is 5.89. The van der Waals surface area contributed by atoms with Gasteiger partial charge in [-0.25, -0.2) is 4.79 Å². The Morgan fingerprint density at radius 2 is 1.93 bits per heavy atom. The van der Waals surface area contributed by atoms with E-state index in [1.165, 1.54) is 13.2 Å². The van der Waals surface area contributed by atoms with Crippen LogP contribution in [0.15, 0.2) is 65.1 Å². The standard InChI is InChI=1S/C23H22N2O5/c1-29-23(26)17-10-8-16(9-11-17)20-7-4-14-24(20)15-18-12-13-22(30-18)19-5-2-3-6-21(19)25(27)28/h2-3,5-6,8-13,20H,4,7,14-15H2,1H3. The summed E-state index contributed by atoms with van der Waals surface area (Å²) in [5.74, 6) is 0.916. The van der Waals surface area contributed by atoms with Crippen LogP contribution in [0, 0.1) is 10.1 Å². The second kappa shape index (κ2) is 8.51. The molecule has 7 heteroatoms. The molecular formula is C23H22N2O5. The number of nitro groups is 1. The number of benzene rings is 2. The van der Waals surface area contributed by atoms with Crippen molar-refractivity contribution in [1.29, 1.82) is 0 Å². The normalized spacial score (nSPS) is 16.5. The molecule has 4 rings (SSSR count). The third-order valence-electron chi connectivity index (χ3n) is 5.47. The molecule has 0 N–H and O–H groups in total. The van der Waals surface area contributed by atoms with Crippen molar-refractivity contribution in [3.63, 3.8) is 0 Å². The van der Waals surface area contributed by atoms with Crippen LogP contribution in [0.4, 0.5) is 5.69 Å². The highest BCUT2D eigenvalue weighted by Crippen LogP contribution is 2.35. The van der Waals surface area contributed by atoms with Crippen LogP contribution >= 0.6 is 0 Å². The van der Waals surface area contributed by atoms with Gasteiger partial charge in [0, 0.05) is 12.1 Å². The Kier molecular flexibility index (Phi) is 5.63. The smallest absolute Gasteiger partial charge is 0.337 e. The van der Waals surface area contributed by atoms with Crippen molar-refractivity contribution >= 4 is 11.7 Å². The number of para-hydroxylation sites is 1. The van der Waals surface area contributed by atoms with Crippen LogP contribution in [0.5, 0.6) is 0 Å². The zero-order valence-corrected chi connectivity index (χ0v) is 16.6. The molecule has 1 aliphatic heterocycles. The molecule has 7 nitrogen and oxygen atoms in total. The summed E-state index contributed by atoms with van der Waals surface area (Å²) in [5, 5.41) is 11.3. The molecule has 1 saturated heterocycles. The monoisotopic (exact) mass is 406 g/mol. The first-order chi connectivity index (χ1) is 14.6. The van der Waals surface area contributed by atoms with E-state index in [9.17, 15) is 14.9 Å². The average Bonchev–Trinajstić information content (AvgIpc) is 3.43. The van der Waals surface area contributed by atoms with Gasteiger partial charge in [0.05, 0.1) is 29.7 Å². The van der Waals surface area contributed by atoms with E-state index in [0.717, 1.165) is 30.7 Å². The summed E-state index contributed by atoms with van der Waals surface area (Å²) in [7, 11) is 1.37. The molecule has 1 unspecified atom stereocenters. The van der Waals surface area contributed by atoms with Crippen LogP contribution in [0.2, 0.25) is 0 Å². The van der Waals surface area contributed by atoms with E-state index >= 15 is 0 Å². The molecule has 2 heterocycles. The molecule has 154 valence electrons. The lowest BCUT2D eigenvalue weighted by Crippen LogP contribution is -2.22. The first-order valence-corrected chi connectivity index (χ1v) is 9.81. The number of nitro benzene ring substituents is 1. The molecule has 1 aliphatic rings. The number of esters is 1. The first kappa shape index (κ1) is 19.8. The molecule has 0 spiro atoms. The molecule has 1 aromatic heterocycles. The Labute approximate surface area is 174 Å². The molecule has 3 aromatic rings. The molecule has 1 fully saturated rings. The molecule has 0 radical (unpaired) electrons. The SMILES string of the molecule is COC(=O)c1ccc(C2CCCN2Cc2ccc(-c3ccccc3[N+](=O)[O-])o2)cc1. The Balaban J connectivity index is 1.51. The third kappa shape index (κ3) is 3.97. The van der Waals surface area contributed by atoms with Gasteiger partial charge in [-0.05, 0) is 55.3 Å². The Hall–Kier alpha value is -3.45. The van der Waals surface area contributed by atoms with Crippen molar-refractivity contribution in [3.05, 3.63) is 87.7 Å². The zero-order valence-electron chi connectivity index (χ0n) is 16.6. The molecule has 2 aromatic carbocycles. The van der Waals surface area contributed by atoms with E-state index in [1.54, 1.807) is 36.4 Å². The van der Waals surface area contributed by atoms with Gasteiger partial charge in [-0.1, -0.05) is 24.3 Å². The largest absolute Gasteiger partial charge is 0.465 e. The maximum atomic E-state index is 11.6. The maximum absolute atomic E-state index is 11.6. The van der Waals surface area contributed by atoms with Crippen LogP contribution in [0.25, 0.3) is 11.3 Å². The third-order valence-corrected chi connectivity index (χ3v) is 5.47. The molecule has 1 atom stereocenters. The van der Waals surface area contributed by atoms with Crippen LogP contribution in [-0.4, -0.2) is 29.4 Å². The topological polar surface area (TPSA) is 85.8 Å². The average molecular weight is 406 g/mol. The highest BCUT2D eigenvalue weighted by atomic mass is 16.6. The summed E-state index contributed by atoms with van der Waals surface area (Å²) in [6, 6.07) is 18.0. The zero-order chi connectivity index (χ0) is 21.1. The number of ether oxygens (including phenoxy) is 1. The quantitative estimate of drug-likeness (QED) is 0.326. The summed E-state index contributed by atoms with van der Waals surface area (Å²) in [4.78, 5) is 24.9. The predicted octanol–water partition coefficient (Wildman–Crippen LogP) is 4.98. The highest BCUT2D eigenvalue weighted by Gasteiger charge is 2.27. The number of hydrogen-bond donors (Lipinski definition) is 0. The lowest BCUT2D eigenvalue weighted by molar-refractivity contribution is -0.384. The molecule has 30 heavy (non-hydrogen) atoms. The van der Waals surface area contributed by atoms with Gasteiger partial charge >= 0.3 is 5.97 Å². The Morgan fingerprint density at radius 1 is 1.17 bits per heavy atom. The van der Waals surface area contributed by atoms with Crippen molar-refractivity contribution in [3.8, 4) is 11.3 Å². The maximum Gasteiger partial charge on any atom is 0.337 e. The van der Waals surface area contributed by atoms with Gasteiger partial charge in [-0.2, -0.15) is 0 Å². The molecule has 0 amide bonds. The van der Waals surface area contributed by atoms with Gasteiger partial charge in [0.2, 0.25) is 0 Å². The van der Waals surface area contributed by atoms with Gasteiger partial charge in [-0.15, -0.1) is 0 Å². The molecule has 0 saturated carbocycles. The minimum absolute atomic E-state index is 0.0307. The van der Waals surface area contributed by atoms with E-state index in [-0.39, 0.29) is 17.7 Å². The van der Waals surface area contributed by atoms with Gasteiger partial charge in [0.15, 0.2) is 0 Å². The van der Waals surface area contributed by atoms with Crippen LogP contribution in [-0.2, 0) is 11.3 Å². The van der Waals surface area contributed by atoms with E-state index in [2.05, 4.69) is 4.90 Å². The second-order valence-corrected chi connectivity index (χ2v) is 7.28. The van der Waals surface area contributed by atoms with Gasteiger partial charge < -0.3 is 9.15 Å². The van der Waals surface area contributed by atoms with E-state index < -0.39 is 4.92 Å². The predicted molar refractivity (Wildman–Crippen MR) is 111 cm³/mol. The van der Waals surface area contributed by atoms with E-state index in [1.807, 2.05) is 18.2 Å². The van der Waals surface area contributed by atoms with E-state index in [4.69, 9.17) is 9.15 Å². The summed E-state index contributed by atoms with van der Waals surface area (Å²) >= 11 is 0. The fraction of sp³-hybridized carbons (Fsp3) is 0.261. The Bertz CT molecular complexity index is 1060. The first-order valence-electron chi connectivity index (χ1n) is 9.81. The minimum atomic E-state index is -0.397. The fourth-order valence-corrected chi connectivity index (χ4v) is 4.00. The molecule has 0 aliphatic carbocycles. The minimum Gasteiger partial charge on any atom is -0.465 e. The number of hydrogen-bond acceptors (Lipinski definition) is 6. The summed E-state index contributed by atoms with van der Waals surface area (Å²) in [6.07, 6.45) is 2.09. The number of nitrogens with zero attached hydrogens (tertiary/aromatic N) is 2. The Morgan fingerprint density at radius 3 is 2.67 bits per heavy atom. The summed E-state index contributed by atoms with van der Waals surface area (Å²) in [5.41, 5.74) is 2.19. The van der Waals surface area contributed by atoms with Crippen molar-refractivity contribution < 1.29 is 18.9 Å². The fourth-order valence-electron chi connectivity index (χ4n) is 4.00. The van der Waals surface area contributed by atoms with Crippen molar-refractivity contribution in [1.82, 2.24) is 4.90 Å². The molecular weight excluding hydrogens is 384 g/mol. The molecule has 0 bridgehead atoms. The van der Waals surface area contributed by atoms with Gasteiger partial charge in [0.25, 0.3) is 5.69 Å². The lowest BCUT2D eigenvalue weighted by atomic mass is 10.0. The van der Waals surface area contributed by atoms with Crippen LogP contribution in [0.3, 0.4) is 0 Å². The lowest BCUT2D eigenvalue weighted by Gasteiger charge is -2.24. The second-order valence-electron chi connectivity index (χ2n) is 7.28. The number of rotatable bonds is 6. The number of likely N-dealkylation sites (tertiary alicyclic amines) is 1. The number of furan rings is 1. The van der Waals surface area contributed by atoms with Crippen molar-refractivity contribution in [2.45, 2.75) is 25.4 Å². The summed E-state index contributed by atoms with van der Waals surface area (Å²) in [6.45, 7) is 1.55. The number of carbonyl (C=O) groups excluding carboxylic acids is 1. The van der Waals surface area contributed by atoms with Gasteiger partial charge in [-0.3, -0.25) is 15.0 Å². The van der Waals surface area contributed by atoms with Gasteiger partial charge in [0.1, 0.15) is 11.5 Å².